The molecule has 1 N–H and O–H groups in total. The van der Waals surface area contributed by atoms with Crippen LogP contribution >= 0.6 is 0 Å². The van der Waals surface area contributed by atoms with Gasteiger partial charge in [0.25, 0.3) is 0 Å². The molecule has 1 amide bonds. The Labute approximate surface area is 86.5 Å². The summed E-state index contributed by atoms with van der Waals surface area (Å²) in [5, 5.41) is 2.48. The summed E-state index contributed by atoms with van der Waals surface area (Å²) in [6, 6.07) is 0. The third-order valence-electron chi connectivity index (χ3n) is 0.600. The fourth-order valence-electron chi connectivity index (χ4n) is 0.177. The quantitative estimate of drug-likeness (QED) is 0.376. The molecule has 0 aliphatic rings. The molecule has 0 radical (unpaired) electrons. The Balaban J connectivity index is 0. The van der Waals surface area contributed by atoms with E-state index in [1.165, 1.54) is 0 Å². The largest absolute Gasteiger partial charge is 1.00 e. The van der Waals surface area contributed by atoms with Crippen molar-refractivity contribution in [1.82, 2.24) is 5.32 Å². The van der Waals surface area contributed by atoms with E-state index in [1.54, 1.807) is 7.05 Å². The van der Waals surface area contributed by atoms with Gasteiger partial charge in [0.15, 0.2) is 0 Å². The normalized spacial score (nSPS) is 6.57. The summed E-state index contributed by atoms with van der Waals surface area (Å²) in [6.45, 7) is 1.82. The van der Waals surface area contributed by atoms with E-state index in [4.69, 9.17) is 0 Å². The second-order valence-electron chi connectivity index (χ2n) is 1.03. The van der Waals surface area contributed by atoms with Gasteiger partial charge >= 0.3 is 51.4 Å². The van der Waals surface area contributed by atoms with Crippen molar-refractivity contribution in [1.29, 1.82) is 0 Å². The molecule has 0 aliphatic carbocycles. The molecule has 0 aromatic heterocycles. The van der Waals surface area contributed by atoms with Crippen molar-refractivity contribution < 1.29 is 56.2 Å². The third kappa shape index (κ3) is 7.11. The van der Waals surface area contributed by atoms with Crippen LogP contribution in [0.4, 0.5) is 0 Å². The number of nitrogens with one attached hydrogen (secondary N) is 1. The van der Waals surface area contributed by atoms with Crippen LogP contribution in [0.15, 0.2) is 0 Å². The molecule has 0 aromatic carbocycles. The Hall–Kier alpha value is 1.11. The van der Waals surface area contributed by atoms with Gasteiger partial charge in [-0.05, 0) is 0 Å². The third-order valence-corrected chi connectivity index (χ3v) is 0.600. The molecule has 0 saturated carbocycles. The summed E-state index contributed by atoms with van der Waals surface area (Å²) >= 11 is 0. The molecule has 0 fully saturated rings. The Morgan fingerprint density at radius 2 is 2.14 bits per heavy atom. The van der Waals surface area contributed by atoms with Crippen LogP contribution in [-0.4, -0.2) is 13.0 Å². The zero-order valence-electron chi connectivity index (χ0n) is 5.12. The monoisotopic (exact) mass is 126 g/mol. The topological polar surface area (TPSA) is 29.1 Å². The van der Waals surface area contributed by atoms with Gasteiger partial charge in [0.1, 0.15) is 0 Å². The fraction of sp³-hybridized carbons (Fsp3) is 0.750. The number of rotatable bonds is 1. The van der Waals surface area contributed by atoms with Gasteiger partial charge in [-0.1, -0.05) is 6.92 Å². The number of hydrogen-bond acceptors (Lipinski definition) is 1. The first-order chi connectivity index (χ1) is 2.81. The van der Waals surface area contributed by atoms with E-state index < -0.39 is 0 Å². The van der Waals surface area contributed by atoms with Crippen LogP contribution in [-0.2, 0) is 4.79 Å². The Kier molecular flexibility index (Phi) is 11.1. The molecule has 36 valence electrons. The van der Waals surface area contributed by atoms with Crippen LogP contribution in [0.2, 0.25) is 0 Å². The molecule has 3 heteroatoms. The SMILES string of the molecule is CCC(=O)NC.[K+]. The van der Waals surface area contributed by atoms with Gasteiger partial charge in [-0.3, -0.25) is 4.79 Å². The molecule has 0 rings (SSSR count). The van der Waals surface area contributed by atoms with E-state index in [0.29, 0.717) is 6.42 Å². The average Bonchev–Trinajstić information content (AvgIpc) is 1.65. The summed E-state index contributed by atoms with van der Waals surface area (Å²) in [6.07, 6.45) is 0.580. The molecule has 0 bridgehead atoms. The van der Waals surface area contributed by atoms with Gasteiger partial charge in [-0.15, -0.1) is 0 Å². The van der Waals surface area contributed by atoms with Gasteiger partial charge in [-0.2, -0.15) is 0 Å². The summed E-state index contributed by atoms with van der Waals surface area (Å²) in [4.78, 5) is 10.1. The van der Waals surface area contributed by atoms with Crippen molar-refractivity contribution >= 4 is 5.91 Å². The molecule has 0 spiro atoms. The molecule has 0 heterocycles. The minimum atomic E-state index is 0. The van der Waals surface area contributed by atoms with E-state index in [2.05, 4.69) is 5.32 Å². The minimum Gasteiger partial charge on any atom is -0.359 e. The van der Waals surface area contributed by atoms with Crippen LogP contribution in [0.25, 0.3) is 0 Å². The molecule has 0 aliphatic heterocycles. The molecule has 0 atom stereocenters. The second-order valence-corrected chi connectivity index (χ2v) is 1.03. The zero-order valence-corrected chi connectivity index (χ0v) is 8.24. The van der Waals surface area contributed by atoms with Crippen molar-refractivity contribution in [2.45, 2.75) is 13.3 Å². The molecule has 0 unspecified atom stereocenters. The van der Waals surface area contributed by atoms with E-state index in [1.807, 2.05) is 6.92 Å². The molecular weight excluding hydrogens is 117 g/mol. The van der Waals surface area contributed by atoms with Crippen molar-refractivity contribution in [3.8, 4) is 0 Å². The Morgan fingerprint density at radius 3 is 2.14 bits per heavy atom. The van der Waals surface area contributed by atoms with Gasteiger partial charge in [0, 0.05) is 13.5 Å². The standard InChI is InChI=1S/C4H9NO.K/c1-3-4(6)5-2;/h3H2,1-2H3,(H,5,6);/q;+1. The first-order valence-corrected chi connectivity index (χ1v) is 2.01. The predicted octanol–water partition coefficient (Wildman–Crippen LogP) is -2.85. The molecule has 7 heavy (non-hydrogen) atoms. The number of amides is 1. The maximum atomic E-state index is 10.1. The predicted molar refractivity (Wildman–Crippen MR) is 24.4 cm³/mol. The van der Waals surface area contributed by atoms with Crippen molar-refractivity contribution in [3.05, 3.63) is 0 Å². The number of hydrogen-bond donors (Lipinski definition) is 1. The molecule has 2 nitrogen and oxygen atoms in total. The van der Waals surface area contributed by atoms with Crippen molar-refractivity contribution in [3.63, 3.8) is 0 Å². The number of carbonyl (C=O) groups excluding carboxylic acids is 1. The van der Waals surface area contributed by atoms with E-state index in [9.17, 15) is 4.79 Å². The first-order valence-electron chi connectivity index (χ1n) is 2.01. The van der Waals surface area contributed by atoms with Gasteiger partial charge in [-0.25, -0.2) is 0 Å². The molecule has 0 saturated heterocycles. The minimum absolute atomic E-state index is 0. The summed E-state index contributed by atoms with van der Waals surface area (Å²) in [5.74, 6) is 0.0926. The summed E-state index contributed by atoms with van der Waals surface area (Å²) < 4.78 is 0. The summed E-state index contributed by atoms with van der Waals surface area (Å²) in [5.41, 5.74) is 0. The van der Waals surface area contributed by atoms with Gasteiger partial charge < -0.3 is 5.32 Å². The zero-order chi connectivity index (χ0) is 4.99. The van der Waals surface area contributed by atoms with Crippen molar-refractivity contribution in [2.75, 3.05) is 7.05 Å². The smallest absolute Gasteiger partial charge is 0.359 e. The number of carbonyl (C=O) groups is 1. The van der Waals surface area contributed by atoms with Crippen LogP contribution in [0.1, 0.15) is 13.3 Å². The average molecular weight is 126 g/mol. The fourth-order valence-corrected chi connectivity index (χ4v) is 0.177. The van der Waals surface area contributed by atoms with Crippen molar-refractivity contribution in [2.24, 2.45) is 0 Å². The van der Waals surface area contributed by atoms with Crippen LogP contribution in [0, 0.1) is 0 Å². The van der Waals surface area contributed by atoms with Gasteiger partial charge in [0.2, 0.25) is 5.91 Å². The van der Waals surface area contributed by atoms with Gasteiger partial charge in [0.05, 0.1) is 0 Å². The summed E-state index contributed by atoms with van der Waals surface area (Å²) in [7, 11) is 1.63. The van der Waals surface area contributed by atoms with E-state index >= 15 is 0 Å². The van der Waals surface area contributed by atoms with E-state index in [0.717, 1.165) is 0 Å². The van der Waals surface area contributed by atoms with Crippen LogP contribution in [0.5, 0.6) is 0 Å². The van der Waals surface area contributed by atoms with Crippen LogP contribution < -0.4 is 56.7 Å². The molecular formula is C4H9KNO+. The Morgan fingerprint density at radius 1 is 1.71 bits per heavy atom. The maximum absolute atomic E-state index is 10.1. The Bertz CT molecular complexity index is 49.7. The molecule has 0 aromatic rings. The second kappa shape index (κ2) is 7.11. The maximum Gasteiger partial charge on any atom is 1.00 e. The van der Waals surface area contributed by atoms with Crippen LogP contribution in [0.3, 0.4) is 0 Å². The van der Waals surface area contributed by atoms with E-state index in [-0.39, 0.29) is 57.3 Å². The first kappa shape index (κ1) is 11.0.